The van der Waals surface area contributed by atoms with E-state index in [1.165, 1.54) is 4.90 Å². The minimum atomic E-state index is -1.24. The van der Waals surface area contributed by atoms with Crippen molar-refractivity contribution >= 4 is 28.8 Å². The van der Waals surface area contributed by atoms with Gasteiger partial charge in [0.25, 0.3) is 0 Å². The Labute approximate surface area is 191 Å². The SMILES string of the molecule is CCn1cc(Nc2nc(O[C@H]3CN(C(=O)OC(C)(C)C)CC[C@H]3F)c3c(C)c[nH]c3n2)cn1. The number of likely N-dealkylation sites (tertiary alicyclic amines) is 1. The van der Waals surface area contributed by atoms with Crippen molar-refractivity contribution in [2.24, 2.45) is 0 Å². The number of aromatic nitrogens is 5. The summed E-state index contributed by atoms with van der Waals surface area (Å²) in [6.45, 7) is 10.4. The van der Waals surface area contributed by atoms with Crippen LogP contribution in [-0.2, 0) is 11.3 Å². The molecule has 0 saturated carbocycles. The van der Waals surface area contributed by atoms with Gasteiger partial charge >= 0.3 is 6.09 Å². The Morgan fingerprint density at radius 2 is 2.15 bits per heavy atom. The fraction of sp³-hybridized carbons (Fsp3) is 0.545. The minimum absolute atomic E-state index is 0.0665. The number of halogens is 1. The van der Waals surface area contributed by atoms with Crippen molar-refractivity contribution in [3.8, 4) is 5.88 Å². The fourth-order valence-corrected chi connectivity index (χ4v) is 3.65. The molecule has 2 atom stereocenters. The zero-order chi connectivity index (χ0) is 23.8. The molecule has 0 radical (unpaired) electrons. The number of carbonyl (C=O) groups excluding carboxylic acids is 1. The van der Waals surface area contributed by atoms with Gasteiger partial charge < -0.3 is 24.7 Å². The van der Waals surface area contributed by atoms with E-state index in [0.29, 0.717) is 17.0 Å². The van der Waals surface area contributed by atoms with Crippen LogP contribution in [0.25, 0.3) is 11.0 Å². The summed E-state index contributed by atoms with van der Waals surface area (Å²) in [4.78, 5) is 26.1. The van der Waals surface area contributed by atoms with E-state index in [-0.39, 0.29) is 25.4 Å². The van der Waals surface area contributed by atoms with Crippen molar-refractivity contribution in [1.82, 2.24) is 29.6 Å². The van der Waals surface area contributed by atoms with Crippen LogP contribution in [0.3, 0.4) is 0 Å². The maximum atomic E-state index is 14.8. The van der Waals surface area contributed by atoms with Gasteiger partial charge in [-0.05, 0) is 40.2 Å². The van der Waals surface area contributed by atoms with Crippen LogP contribution in [0.5, 0.6) is 5.88 Å². The molecule has 1 aliphatic rings. The van der Waals surface area contributed by atoms with E-state index >= 15 is 0 Å². The van der Waals surface area contributed by atoms with Crippen molar-refractivity contribution in [2.45, 2.75) is 65.5 Å². The van der Waals surface area contributed by atoms with Gasteiger partial charge in [0.15, 0.2) is 0 Å². The number of aromatic amines is 1. The van der Waals surface area contributed by atoms with Crippen LogP contribution in [0.4, 0.5) is 20.8 Å². The van der Waals surface area contributed by atoms with Gasteiger partial charge in [0.2, 0.25) is 11.8 Å². The zero-order valence-corrected chi connectivity index (χ0v) is 19.6. The molecule has 1 amide bonds. The summed E-state index contributed by atoms with van der Waals surface area (Å²) in [5, 5.41) is 8.02. The van der Waals surface area contributed by atoms with Gasteiger partial charge in [0.05, 0.1) is 23.8 Å². The van der Waals surface area contributed by atoms with Crippen molar-refractivity contribution < 1.29 is 18.7 Å². The summed E-state index contributed by atoms with van der Waals surface area (Å²) in [5.74, 6) is 0.549. The first kappa shape index (κ1) is 22.8. The normalized spacial score (nSPS) is 19.0. The summed E-state index contributed by atoms with van der Waals surface area (Å²) >= 11 is 0. The molecule has 1 saturated heterocycles. The summed E-state index contributed by atoms with van der Waals surface area (Å²) in [6.07, 6.45) is 2.86. The van der Waals surface area contributed by atoms with Crippen molar-refractivity contribution in [1.29, 1.82) is 0 Å². The van der Waals surface area contributed by atoms with Crippen molar-refractivity contribution in [2.75, 3.05) is 18.4 Å². The number of rotatable bonds is 5. The van der Waals surface area contributed by atoms with E-state index in [2.05, 4.69) is 25.4 Å². The fourth-order valence-electron chi connectivity index (χ4n) is 3.65. The maximum absolute atomic E-state index is 14.8. The quantitative estimate of drug-likeness (QED) is 0.594. The summed E-state index contributed by atoms with van der Waals surface area (Å²) in [7, 11) is 0. The first-order valence-corrected chi connectivity index (χ1v) is 11.1. The number of hydrogen-bond donors (Lipinski definition) is 2. The Kier molecular flexibility index (Phi) is 6.13. The minimum Gasteiger partial charge on any atom is -0.469 e. The average Bonchev–Trinajstić information content (AvgIpc) is 3.35. The van der Waals surface area contributed by atoms with Crippen molar-refractivity contribution in [3.63, 3.8) is 0 Å². The molecule has 11 heteroatoms. The number of aryl methyl sites for hydroxylation is 2. The number of carbonyl (C=O) groups is 1. The molecule has 0 bridgehead atoms. The first-order chi connectivity index (χ1) is 15.6. The van der Waals surface area contributed by atoms with Gasteiger partial charge in [0.1, 0.15) is 23.5 Å². The molecule has 178 valence electrons. The molecule has 0 spiro atoms. The largest absolute Gasteiger partial charge is 0.469 e. The number of nitrogens with one attached hydrogen (secondary N) is 2. The molecule has 2 N–H and O–H groups in total. The smallest absolute Gasteiger partial charge is 0.410 e. The molecule has 1 aliphatic heterocycles. The molecule has 0 unspecified atom stereocenters. The van der Waals surface area contributed by atoms with Crippen LogP contribution in [0.2, 0.25) is 0 Å². The van der Waals surface area contributed by atoms with Crippen LogP contribution >= 0.6 is 0 Å². The maximum Gasteiger partial charge on any atom is 0.410 e. The van der Waals surface area contributed by atoms with Crippen LogP contribution in [0.15, 0.2) is 18.6 Å². The van der Waals surface area contributed by atoms with E-state index in [0.717, 1.165) is 17.8 Å². The van der Waals surface area contributed by atoms with Gasteiger partial charge in [-0.1, -0.05) is 0 Å². The Bertz CT molecular complexity index is 1140. The Morgan fingerprint density at radius 1 is 1.36 bits per heavy atom. The second kappa shape index (κ2) is 8.87. The van der Waals surface area contributed by atoms with Gasteiger partial charge in [-0.25, -0.2) is 9.18 Å². The predicted octanol–water partition coefficient (Wildman–Crippen LogP) is 3.95. The van der Waals surface area contributed by atoms with Crippen LogP contribution in [0, 0.1) is 6.92 Å². The molecule has 4 heterocycles. The Morgan fingerprint density at radius 3 is 2.85 bits per heavy atom. The summed E-state index contributed by atoms with van der Waals surface area (Å²) in [6, 6.07) is 0. The molecule has 3 aromatic rings. The predicted molar refractivity (Wildman–Crippen MR) is 122 cm³/mol. The van der Waals surface area contributed by atoms with Gasteiger partial charge in [-0.3, -0.25) is 4.68 Å². The highest BCUT2D eigenvalue weighted by molar-refractivity contribution is 5.86. The average molecular weight is 460 g/mol. The third kappa shape index (κ3) is 5.18. The van der Waals surface area contributed by atoms with E-state index in [4.69, 9.17) is 9.47 Å². The molecule has 10 nitrogen and oxygen atoms in total. The van der Waals surface area contributed by atoms with Gasteiger partial charge in [-0.2, -0.15) is 15.1 Å². The monoisotopic (exact) mass is 459 g/mol. The molecule has 0 aromatic carbocycles. The molecule has 3 aromatic heterocycles. The second-order valence-electron chi connectivity index (χ2n) is 9.14. The zero-order valence-electron chi connectivity index (χ0n) is 19.6. The second-order valence-corrected chi connectivity index (χ2v) is 9.14. The molecular formula is C22H30FN7O3. The first-order valence-electron chi connectivity index (χ1n) is 11.1. The molecule has 1 fully saturated rings. The Balaban J connectivity index is 1.58. The number of nitrogens with zero attached hydrogens (tertiary/aromatic N) is 5. The topological polar surface area (TPSA) is 110 Å². The summed E-state index contributed by atoms with van der Waals surface area (Å²) in [5.41, 5.74) is 1.54. The van der Waals surface area contributed by atoms with E-state index in [1.54, 1.807) is 37.8 Å². The molecule has 33 heavy (non-hydrogen) atoms. The van der Waals surface area contributed by atoms with Gasteiger partial charge in [0, 0.05) is 31.9 Å². The summed E-state index contributed by atoms with van der Waals surface area (Å²) < 4.78 is 28.1. The molecule has 0 aliphatic carbocycles. The highest BCUT2D eigenvalue weighted by atomic mass is 19.1. The van der Waals surface area contributed by atoms with E-state index in [1.807, 2.05) is 20.0 Å². The highest BCUT2D eigenvalue weighted by Gasteiger charge is 2.36. The van der Waals surface area contributed by atoms with Gasteiger partial charge in [-0.15, -0.1) is 0 Å². The lowest BCUT2D eigenvalue weighted by molar-refractivity contribution is -0.0129. The van der Waals surface area contributed by atoms with Crippen LogP contribution in [0.1, 0.15) is 39.7 Å². The van der Waals surface area contributed by atoms with E-state index in [9.17, 15) is 9.18 Å². The number of H-pyrrole nitrogens is 1. The molecule has 4 rings (SSSR count). The van der Waals surface area contributed by atoms with Crippen LogP contribution < -0.4 is 10.1 Å². The number of anilines is 2. The molecular weight excluding hydrogens is 429 g/mol. The third-order valence-corrected chi connectivity index (χ3v) is 5.30. The number of hydrogen-bond acceptors (Lipinski definition) is 7. The lowest BCUT2D eigenvalue weighted by Crippen LogP contribution is -2.51. The number of ether oxygens (including phenoxy) is 2. The number of alkyl halides is 1. The van der Waals surface area contributed by atoms with Crippen molar-refractivity contribution in [3.05, 3.63) is 24.2 Å². The standard InChI is InChI=1S/C22H30FN7O3/c1-6-30-11-14(10-25-30)26-20-27-18-17(13(2)9-24-18)19(28-20)32-16-12-29(8-7-15(16)23)21(31)33-22(3,4)5/h9-11,15-16H,6-8,12H2,1-5H3,(H2,24,26,27,28)/t15-,16+/m1/s1. The number of amides is 1. The third-order valence-electron chi connectivity index (χ3n) is 5.30. The van der Waals surface area contributed by atoms with Crippen LogP contribution in [-0.4, -0.2) is 66.7 Å². The number of fused-ring (bicyclic) bond motifs is 1. The highest BCUT2D eigenvalue weighted by Crippen LogP contribution is 2.30. The lowest BCUT2D eigenvalue weighted by Gasteiger charge is -2.35. The lowest BCUT2D eigenvalue weighted by atomic mass is 10.1. The number of piperidine rings is 1. The van der Waals surface area contributed by atoms with E-state index < -0.39 is 24.0 Å². The Hall–Kier alpha value is -3.37.